The molecule has 2 rings (SSSR count). The highest BCUT2D eigenvalue weighted by molar-refractivity contribution is 5.88. The first-order valence-electron chi connectivity index (χ1n) is 5.55. The van der Waals surface area contributed by atoms with Gasteiger partial charge in [0, 0.05) is 17.2 Å². The van der Waals surface area contributed by atoms with Crippen LogP contribution in [-0.4, -0.2) is 6.29 Å². The Labute approximate surface area is 114 Å². The molecule has 0 saturated carbocycles. The van der Waals surface area contributed by atoms with E-state index in [0.717, 1.165) is 6.07 Å². The van der Waals surface area contributed by atoms with Crippen molar-refractivity contribution in [3.05, 3.63) is 58.9 Å². The molecule has 21 heavy (non-hydrogen) atoms. The molecule has 110 valence electrons. The van der Waals surface area contributed by atoms with Gasteiger partial charge in [-0.2, -0.15) is 13.2 Å². The third-order valence-corrected chi connectivity index (χ3v) is 2.81. The molecule has 0 heterocycles. The van der Waals surface area contributed by atoms with E-state index in [2.05, 4.69) is 0 Å². The van der Waals surface area contributed by atoms with Gasteiger partial charge in [0.25, 0.3) is 0 Å². The van der Waals surface area contributed by atoms with Crippen LogP contribution in [0.1, 0.15) is 15.9 Å². The summed E-state index contributed by atoms with van der Waals surface area (Å²) >= 11 is 0. The summed E-state index contributed by atoms with van der Waals surface area (Å²) < 4.78 is 77.6. The molecule has 0 saturated heterocycles. The lowest BCUT2D eigenvalue weighted by atomic mass is 9.97. The predicted octanol–water partition coefficient (Wildman–Crippen LogP) is 4.60. The molecule has 0 radical (unpaired) electrons. The van der Waals surface area contributed by atoms with Crippen LogP contribution in [0.2, 0.25) is 0 Å². The Balaban J connectivity index is 2.72. The van der Waals surface area contributed by atoms with Gasteiger partial charge >= 0.3 is 6.18 Å². The van der Waals surface area contributed by atoms with E-state index in [0.29, 0.717) is 18.2 Å². The normalized spacial score (nSPS) is 11.5. The molecular formula is C14H6F6O. The van der Waals surface area contributed by atoms with E-state index < -0.39 is 40.3 Å². The molecule has 0 fully saturated rings. The molecular weight excluding hydrogens is 298 g/mol. The molecule has 0 atom stereocenters. The summed E-state index contributed by atoms with van der Waals surface area (Å²) in [6.07, 6.45) is -4.51. The summed E-state index contributed by atoms with van der Waals surface area (Å²) in [5.74, 6) is -4.17. The zero-order chi connectivity index (χ0) is 15.8. The molecule has 0 N–H and O–H groups in total. The molecule has 2 aromatic rings. The first-order valence-corrected chi connectivity index (χ1v) is 5.55. The zero-order valence-corrected chi connectivity index (χ0v) is 10.1. The third-order valence-electron chi connectivity index (χ3n) is 2.81. The molecule has 0 bridgehead atoms. The minimum Gasteiger partial charge on any atom is -0.298 e. The van der Waals surface area contributed by atoms with Gasteiger partial charge in [-0.3, -0.25) is 4.79 Å². The van der Waals surface area contributed by atoms with Gasteiger partial charge in [-0.1, -0.05) is 6.07 Å². The molecule has 0 aromatic heterocycles. The second-order valence-electron chi connectivity index (χ2n) is 4.16. The van der Waals surface area contributed by atoms with Crippen molar-refractivity contribution in [2.75, 3.05) is 0 Å². The van der Waals surface area contributed by atoms with Crippen LogP contribution >= 0.6 is 0 Å². The van der Waals surface area contributed by atoms with E-state index in [-0.39, 0.29) is 17.9 Å². The van der Waals surface area contributed by atoms with Crippen molar-refractivity contribution < 1.29 is 31.1 Å². The summed E-state index contributed by atoms with van der Waals surface area (Å²) in [5.41, 5.74) is -2.49. The predicted molar refractivity (Wildman–Crippen MR) is 62.1 cm³/mol. The number of carbonyl (C=O) groups is 1. The molecule has 0 spiro atoms. The van der Waals surface area contributed by atoms with E-state index >= 15 is 0 Å². The third kappa shape index (κ3) is 2.91. The summed E-state index contributed by atoms with van der Waals surface area (Å²) in [6.45, 7) is 0. The van der Waals surface area contributed by atoms with E-state index in [1.54, 1.807) is 0 Å². The molecule has 0 amide bonds. The van der Waals surface area contributed by atoms with Gasteiger partial charge in [0.2, 0.25) is 0 Å². The Hall–Kier alpha value is -2.31. The van der Waals surface area contributed by atoms with Crippen molar-refractivity contribution in [3.63, 3.8) is 0 Å². The molecule has 0 aliphatic carbocycles. The SMILES string of the molecule is O=Cc1ccc(C(F)(F)F)cc1-c1cc(F)c(F)cc1F. The fraction of sp³-hybridized carbons (Fsp3) is 0.0714. The average molecular weight is 304 g/mol. The minimum atomic E-state index is -4.72. The van der Waals surface area contributed by atoms with Gasteiger partial charge in [0.1, 0.15) is 5.82 Å². The van der Waals surface area contributed by atoms with Crippen molar-refractivity contribution in [1.29, 1.82) is 0 Å². The van der Waals surface area contributed by atoms with Gasteiger partial charge in [0.05, 0.1) is 5.56 Å². The highest BCUT2D eigenvalue weighted by Crippen LogP contribution is 2.35. The number of alkyl halides is 3. The van der Waals surface area contributed by atoms with Crippen LogP contribution in [0.3, 0.4) is 0 Å². The number of halogens is 6. The summed E-state index contributed by atoms with van der Waals surface area (Å²) in [7, 11) is 0. The Bertz CT molecular complexity index is 705. The topological polar surface area (TPSA) is 17.1 Å². The Morgan fingerprint density at radius 3 is 2.00 bits per heavy atom. The van der Waals surface area contributed by atoms with Crippen molar-refractivity contribution in [3.8, 4) is 11.1 Å². The van der Waals surface area contributed by atoms with Crippen LogP contribution in [0.15, 0.2) is 30.3 Å². The lowest BCUT2D eigenvalue weighted by Gasteiger charge is -2.12. The van der Waals surface area contributed by atoms with Crippen LogP contribution in [0.4, 0.5) is 26.3 Å². The van der Waals surface area contributed by atoms with Gasteiger partial charge in [-0.25, -0.2) is 13.2 Å². The second-order valence-corrected chi connectivity index (χ2v) is 4.16. The number of hydrogen-bond donors (Lipinski definition) is 0. The summed E-state index contributed by atoms with van der Waals surface area (Å²) in [5, 5.41) is 0. The van der Waals surface area contributed by atoms with Gasteiger partial charge in [-0.05, 0) is 23.8 Å². The summed E-state index contributed by atoms with van der Waals surface area (Å²) in [6, 6.07) is 2.61. The quantitative estimate of drug-likeness (QED) is 0.450. The molecule has 0 unspecified atom stereocenters. The van der Waals surface area contributed by atoms with Crippen molar-refractivity contribution in [2.24, 2.45) is 0 Å². The van der Waals surface area contributed by atoms with Gasteiger partial charge < -0.3 is 0 Å². The molecule has 0 aliphatic rings. The number of rotatable bonds is 2. The Morgan fingerprint density at radius 1 is 0.810 bits per heavy atom. The molecule has 0 aliphatic heterocycles. The van der Waals surface area contributed by atoms with Crippen molar-refractivity contribution in [1.82, 2.24) is 0 Å². The first kappa shape index (κ1) is 15.1. The number of aldehydes is 1. The number of carbonyl (C=O) groups excluding carboxylic acids is 1. The first-order chi connectivity index (χ1) is 9.74. The van der Waals surface area contributed by atoms with Crippen LogP contribution in [-0.2, 0) is 6.18 Å². The van der Waals surface area contributed by atoms with Crippen molar-refractivity contribution in [2.45, 2.75) is 6.18 Å². The molecule has 2 aromatic carbocycles. The number of hydrogen-bond acceptors (Lipinski definition) is 1. The van der Waals surface area contributed by atoms with E-state index in [1.165, 1.54) is 0 Å². The fourth-order valence-corrected chi connectivity index (χ4v) is 1.80. The van der Waals surface area contributed by atoms with Crippen LogP contribution in [0.25, 0.3) is 11.1 Å². The van der Waals surface area contributed by atoms with Crippen LogP contribution in [0.5, 0.6) is 0 Å². The maximum atomic E-state index is 13.7. The zero-order valence-electron chi connectivity index (χ0n) is 10.1. The smallest absolute Gasteiger partial charge is 0.298 e. The minimum absolute atomic E-state index is 0.205. The van der Waals surface area contributed by atoms with Crippen molar-refractivity contribution >= 4 is 6.29 Å². The maximum absolute atomic E-state index is 13.7. The average Bonchev–Trinajstić information content (AvgIpc) is 2.41. The highest BCUT2D eigenvalue weighted by atomic mass is 19.4. The van der Waals surface area contributed by atoms with E-state index in [9.17, 15) is 31.1 Å². The fourth-order valence-electron chi connectivity index (χ4n) is 1.80. The lowest BCUT2D eigenvalue weighted by Crippen LogP contribution is -2.06. The monoisotopic (exact) mass is 304 g/mol. The largest absolute Gasteiger partial charge is 0.416 e. The van der Waals surface area contributed by atoms with E-state index in [4.69, 9.17) is 0 Å². The second kappa shape index (κ2) is 5.23. The summed E-state index contributed by atoms with van der Waals surface area (Å²) in [4.78, 5) is 10.9. The standard InChI is InChI=1S/C14H6F6O/c15-11-5-13(17)12(16)4-10(11)9-3-8(14(18,19)20)2-1-7(9)6-21/h1-6H. The maximum Gasteiger partial charge on any atom is 0.416 e. The molecule has 7 heteroatoms. The van der Waals surface area contributed by atoms with E-state index in [1.807, 2.05) is 0 Å². The Morgan fingerprint density at radius 2 is 1.43 bits per heavy atom. The van der Waals surface area contributed by atoms with Crippen LogP contribution in [0, 0.1) is 17.5 Å². The molecule has 1 nitrogen and oxygen atoms in total. The van der Waals surface area contributed by atoms with Gasteiger partial charge in [-0.15, -0.1) is 0 Å². The lowest BCUT2D eigenvalue weighted by molar-refractivity contribution is -0.137. The van der Waals surface area contributed by atoms with Gasteiger partial charge in [0.15, 0.2) is 17.9 Å². The van der Waals surface area contributed by atoms with Crippen LogP contribution < -0.4 is 0 Å². The number of benzene rings is 2. The highest BCUT2D eigenvalue weighted by Gasteiger charge is 2.31. The Kier molecular flexibility index (Phi) is 3.76.